The van der Waals surface area contributed by atoms with Gasteiger partial charge in [0.1, 0.15) is 5.02 Å². The monoisotopic (exact) mass is 275 g/mol. The number of benzene rings is 1. The summed E-state index contributed by atoms with van der Waals surface area (Å²) in [7, 11) is 0. The topological polar surface area (TPSA) is 84.7 Å². The zero-order valence-electron chi connectivity index (χ0n) is 9.70. The molecule has 1 aliphatic rings. The van der Waals surface area contributed by atoms with E-state index in [1.165, 1.54) is 6.07 Å². The van der Waals surface area contributed by atoms with Gasteiger partial charge in [-0.1, -0.05) is 11.6 Å². The number of anilines is 3. The van der Waals surface area contributed by atoms with Crippen LogP contribution >= 0.6 is 11.6 Å². The minimum Gasteiger partial charge on any atom is -0.397 e. The third-order valence-corrected chi connectivity index (χ3v) is 3.35. The molecule has 0 aliphatic carbocycles. The molecule has 1 heterocycles. The van der Waals surface area contributed by atoms with Crippen molar-refractivity contribution in [2.45, 2.75) is 6.04 Å². The molecule has 0 radical (unpaired) electrons. The maximum Gasteiger partial charge on any atom is 0.169 e. The lowest BCUT2D eigenvalue weighted by molar-refractivity contribution is 0.0724. The Hall–Kier alpha value is -1.24. The van der Waals surface area contributed by atoms with Crippen LogP contribution in [0.4, 0.5) is 21.5 Å². The Balaban J connectivity index is 2.46. The number of rotatable bonds is 2. The van der Waals surface area contributed by atoms with Crippen LogP contribution in [0.3, 0.4) is 0 Å². The van der Waals surface area contributed by atoms with Gasteiger partial charge in [-0.15, -0.1) is 0 Å². The third-order valence-electron chi connectivity index (χ3n) is 2.96. The molecule has 5 nitrogen and oxygen atoms in total. The van der Waals surface area contributed by atoms with Gasteiger partial charge in [0, 0.05) is 6.54 Å². The van der Waals surface area contributed by atoms with Crippen LogP contribution in [0.2, 0.25) is 5.02 Å². The molecule has 1 aromatic rings. The van der Waals surface area contributed by atoms with Crippen molar-refractivity contribution in [2.24, 2.45) is 0 Å². The van der Waals surface area contributed by atoms with E-state index < -0.39 is 5.82 Å². The highest BCUT2D eigenvalue weighted by molar-refractivity contribution is 6.33. The van der Waals surface area contributed by atoms with Crippen molar-refractivity contribution in [1.29, 1.82) is 0 Å². The highest BCUT2D eigenvalue weighted by Crippen LogP contribution is 2.37. The molecular formula is C11H15ClFN3O2. The largest absolute Gasteiger partial charge is 0.397 e. The first kappa shape index (κ1) is 13.2. The molecule has 1 unspecified atom stereocenters. The summed E-state index contributed by atoms with van der Waals surface area (Å²) < 4.78 is 19.4. The zero-order chi connectivity index (χ0) is 13.3. The van der Waals surface area contributed by atoms with Gasteiger partial charge in [-0.05, 0) is 6.07 Å². The third kappa shape index (κ3) is 2.19. The quantitative estimate of drug-likeness (QED) is 0.697. The van der Waals surface area contributed by atoms with E-state index in [0.717, 1.165) is 0 Å². The Morgan fingerprint density at radius 3 is 2.89 bits per heavy atom. The van der Waals surface area contributed by atoms with Gasteiger partial charge in [-0.2, -0.15) is 0 Å². The lowest BCUT2D eigenvalue weighted by Gasteiger charge is -2.37. The molecule has 0 bridgehead atoms. The number of nitrogens with zero attached hydrogens (tertiary/aromatic N) is 1. The van der Waals surface area contributed by atoms with Crippen molar-refractivity contribution < 1.29 is 14.2 Å². The van der Waals surface area contributed by atoms with E-state index in [0.29, 0.717) is 19.8 Å². The summed E-state index contributed by atoms with van der Waals surface area (Å²) in [5, 5.41) is 9.14. The fraction of sp³-hybridized carbons (Fsp3) is 0.455. The van der Waals surface area contributed by atoms with Crippen LogP contribution in [0.25, 0.3) is 0 Å². The highest BCUT2D eigenvalue weighted by atomic mass is 35.5. The van der Waals surface area contributed by atoms with Crippen molar-refractivity contribution in [3.63, 3.8) is 0 Å². The summed E-state index contributed by atoms with van der Waals surface area (Å²) in [6.07, 6.45) is 0. The predicted molar refractivity (Wildman–Crippen MR) is 69.3 cm³/mol. The Kier molecular flexibility index (Phi) is 3.79. The van der Waals surface area contributed by atoms with Crippen molar-refractivity contribution in [1.82, 2.24) is 0 Å². The van der Waals surface area contributed by atoms with E-state index in [2.05, 4.69) is 0 Å². The van der Waals surface area contributed by atoms with Gasteiger partial charge in [0.2, 0.25) is 0 Å². The van der Waals surface area contributed by atoms with E-state index in [4.69, 9.17) is 27.8 Å². The summed E-state index contributed by atoms with van der Waals surface area (Å²) in [5.41, 5.74) is 11.8. The molecule has 0 saturated carbocycles. The van der Waals surface area contributed by atoms with Gasteiger partial charge in [0.05, 0.1) is 42.9 Å². The van der Waals surface area contributed by atoms with E-state index in [1.807, 2.05) is 0 Å². The number of aliphatic hydroxyl groups is 1. The number of hydrogen-bond donors (Lipinski definition) is 3. The van der Waals surface area contributed by atoms with Gasteiger partial charge in [0.25, 0.3) is 0 Å². The van der Waals surface area contributed by atoms with Crippen LogP contribution in [0.5, 0.6) is 0 Å². The number of hydrogen-bond acceptors (Lipinski definition) is 5. The maximum atomic E-state index is 14.2. The van der Waals surface area contributed by atoms with Crippen LogP contribution < -0.4 is 16.4 Å². The second-order valence-electron chi connectivity index (χ2n) is 4.14. The van der Waals surface area contributed by atoms with Crippen molar-refractivity contribution in [3.05, 3.63) is 16.9 Å². The maximum absolute atomic E-state index is 14.2. The van der Waals surface area contributed by atoms with E-state index in [-0.39, 0.29) is 34.7 Å². The van der Waals surface area contributed by atoms with Gasteiger partial charge in [0.15, 0.2) is 5.82 Å². The van der Waals surface area contributed by atoms with Gasteiger partial charge < -0.3 is 26.2 Å². The molecule has 18 heavy (non-hydrogen) atoms. The second kappa shape index (κ2) is 5.17. The molecule has 2 rings (SSSR count). The van der Waals surface area contributed by atoms with Crippen LogP contribution in [0.1, 0.15) is 0 Å². The second-order valence-corrected chi connectivity index (χ2v) is 4.51. The normalized spacial score (nSPS) is 20.2. The lowest BCUT2D eigenvalue weighted by atomic mass is 10.1. The summed E-state index contributed by atoms with van der Waals surface area (Å²) in [4.78, 5) is 1.67. The van der Waals surface area contributed by atoms with Crippen LogP contribution in [-0.4, -0.2) is 37.5 Å². The first-order valence-electron chi connectivity index (χ1n) is 5.54. The molecule has 1 atom stereocenters. The number of halogens is 2. The molecule has 0 spiro atoms. The minimum absolute atomic E-state index is 0.101. The highest BCUT2D eigenvalue weighted by Gasteiger charge is 2.28. The lowest BCUT2D eigenvalue weighted by Crippen LogP contribution is -2.48. The van der Waals surface area contributed by atoms with Gasteiger partial charge >= 0.3 is 0 Å². The molecule has 1 fully saturated rings. The average molecular weight is 276 g/mol. The molecular weight excluding hydrogens is 261 g/mol. The van der Waals surface area contributed by atoms with Gasteiger partial charge in [-0.25, -0.2) is 4.39 Å². The summed E-state index contributed by atoms with van der Waals surface area (Å²) >= 11 is 5.79. The Bertz CT molecular complexity index is 458. The molecule has 1 aromatic carbocycles. The summed E-state index contributed by atoms with van der Waals surface area (Å²) in [6.45, 7) is 1.04. The summed E-state index contributed by atoms with van der Waals surface area (Å²) in [6, 6.07) is 1.08. The number of morpholine rings is 1. The summed E-state index contributed by atoms with van der Waals surface area (Å²) in [5.74, 6) is -0.658. The van der Waals surface area contributed by atoms with Crippen molar-refractivity contribution in [3.8, 4) is 0 Å². The predicted octanol–water partition coefficient (Wildman–Crippen LogP) is 0.841. The number of nitrogens with two attached hydrogens (primary N) is 2. The Morgan fingerprint density at radius 2 is 2.22 bits per heavy atom. The fourth-order valence-corrected chi connectivity index (χ4v) is 2.19. The minimum atomic E-state index is -0.658. The van der Waals surface area contributed by atoms with Crippen molar-refractivity contribution in [2.75, 3.05) is 42.7 Å². The molecule has 100 valence electrons. The SMILES string of the molecule is Nc1cc(N)c(N2CCOCC2CO)c(F)c1Cl. The smallest absolute Gasteiger partial charge is 0.169 e. The fourth-order valence-electron chi connectivity index (χ4n) is 2.05. The van der Waals surface area contributed by atoms with Crippen molar-refractivity contribution >= 4 is 28.7 Å². The van der Waals surface area contributed by atoms with E-state index >= 15 is 0 Å². The molecule has 1 aliphatic heterocycles. The number of aliphatic hydroxyl groups excluding tert-OH is 1. The molecule has 5 N–H and O–H groups in total. The first-order valence-corrected chi connectivity index (χ1v) is 5.92. The Morgan fingerprint density at radius 1 is 1.50 bits per heavy atom. The van der Waals surface area contributed by atoms with Crippen LogP contribution in [-0.2, 0) is 4.74 Å². The molecule has 1 saturated heterocycles. The van der Waals surface area contributed by atoms with Crippen LogP contribution in [0.15, 0.2) is 6.07 Å². The molecule has 0 amide bonds. The standard InChI is InChI=1S/C11H15ClFN3O2/c12-9-7(14)3-8(15)11(10(9)13)16-1-2-18-5-6(16)4-17/h3,6,17H,1-2,4-5,14-15H2. The zero-order valence-corrected chi connectivity index (χ0v) is 10.5. The Labute approximate surface area is 109 Å². The van der Waals surface area contributed by atoms with Crippen LogP contribution in [0, 0.1) is 5.82 Å². The van der Waals surface area contributed by atoms with E-state index in [1.54, 1.807) is 4.90 Å². The number of ether oxygens (including phenoxy) is 1. The van der Waals surface area contributed by atoms with E-state index in [9.17, 15) is 9.50 Å². The molecule has 7 heteroatoms. The average Bonchev–Trinajstić information content (AvgIpc) is 2.37. The van der Waals surface area contributed by atoms with Gasteiger partial charge in [-0.3, -0.25) is 0 Å². The number of nitrogen functional groups attached to an aromatic ring is 2. The first-order chi connectivity index (χ1) is 8.56. The molecule has 0 aromatic heterocycles.